The average molecular weight is 343 g/mol. The Morgan fingerprint density at radius 3 is 2.95 bits per heavy atom. The normalized spacial score (nSPS) is 12.2. The lowest BCUT2D eigenvalue weighted by molar-refractivity contribution is -0.124. The second kappa shape index (κ2) is 6.10. The highest BCUT2D eigenvalue weighted by Crippen LogP contribution is 2.23. The third kappa shape index (κ3) is 3.20. The van der Waals surface area contributed by atoms with Gasteiger partial charge in [-0.15, -0.1) is 5.10 Å². The van der Waals surface area contributed by atoms with E-state index in [1.54, 1.807) is 19.1 Å². The number of halogens is 2. The zero-order chi connectivity index (χ0) is 14.7. The van der Waals surface area contributed by atoms with E-state index in [0.29, 0.717) is 4.47 Å². The molecule has 0 saturated heterocycles. The van der Waals surface area contributed by atoms with Crippen molar-refractivity contribution in [2.24, 2.45) is 0 Å². The summed E-state index contributed by atoms with van der Waals surface area (Å²) < 4.78 is 19.3. The van der Waals surface area contributed by atoms with Crippen LogP contribution in [0, 0.1) is 5.82 Å². The van der Waals surface area contributed by atoms with Crippen LogP contribution in [0.5, 0.6) is 0 Å². The maximum Gasteiger partial charge on any atom is 0.255 e. The first-order chi connectivity index (χ1) is 9.51. The molecular formula is C12H12BrFN4O2. The number of carbonyl (C=O) groups is 1. The highest BCUT2D eigenvalue weighted by atomic mass is 79.9. The van der Waals surface area contributed by atoms with E-state index in [9.17, 15) is 9.18 Å². The maximum atomic E-state index is 13.8. The minimum atomic E-state index is -0.624. The Hall–Kier alpha value is -1.80. The summed E-state index contributed by atoms with van der Waals surface area (Å²) in [6, 6.07) is 4.57. The Labute approximate surface area is 122 Å². The fraction of sp³-hybridized carbons (Fsp3) is 0.250. The van der Waals surface area contributed by atoms with Gasteiger partial charge in [0.2, 0.25) is 5.95 Å². The molecule has 1 aromatic carbocycles. The minimum absolute atomic E-state index is 0.0659. The molecule has 2 rings (SSSR count). The number of carbonyl (C=O) groups excluding carboxylic acids is 1. The van der Waals surface area contributed by atoms with Gasteiger partial charge in [-0.05, 0) is 25.1 Å². The molecule has 0 bridgehead atoms. The van der Waals surface area contributed by atoms with Crippen LogP contribution >= 0.6 is 15.9 Å². The van der Waals surface area contributed by atoms with Crippen LogP contribution in [-0.4, -0.2) is 34.3 Å². The van der Waals surface area contributed by atoms with Gasteiger partial charge in [0, 0.05) is 11.6 Å². The van der Waals surface area contributed by atoms with Crippen LogP contribution in [0.25, 0.3) is 11.4 Å². The number of benzene rings is 1. The molecule has 2 N–H and O–H groups in total. The number of aromatic amines is 1. The molecule has 0 fully saturated rings. The predicted molar refractivity (Wildman–Crippen MR) is 74.6 cm³/mol. The molecule has 0 saturated carbocycles. The van der Waals surface area contributed by atoms with Crippen molar-refractivity contribution < 1.29 is 13.9 Å². The molecule has 2 aromatic rings. The minimum Gasteiger partial charge on any atom is -0.372 e. The van der Waals surface area contributed by atoms with E-state index < -0.39 is 11.9 Å². The maximum absolute atomic E-state index is 13.8. The molecule has 0 spiro atoms. The van der Waals surface area contributed by atoms with Crippen LogP contribution < -0.4 is 5.32 Å². The molecule has 0 aliphatic heterocycles. The summed E-state index contributed by atoms with van der Waals surface area (Å²) >= 11 is 3.17. The van der Waals surface area contributed by atoms with E-state index in [1.165, 1.54) is 13.2 Å². The molecule has 106 valence electrons. The third-order valence-corrected chi connectivity index (χ3v) is 3.12. The highest BCUT2D eigenvalue weighted by molar-refractivity contribution is 9.10. The summed E-state index contributed by atoms with van der Waals surface area (Å²) in [7, 11) is 1.42. The van der Waals surface area contributed by atoms with Gasteiger partial charge in [-0.25, -0.2) is 4.39 Å². The number of hydrogen-bond donors (Lipinski definition) is 2. The summed E-state index contributed by atoms with van der Waals surface area (Å²) in [5.41, 5.74) is 0.265. The summed E-state index contributed by atoms with van der Waals surface area (Å²) in [5, 5.41) is 8.85. The fourth-order valence-corrected chi connectivity index (χ4v) is 1.77. The van der Waals surface area contributed by atoms with Gasteiger partial charge < -0.3 is 4.74 Å². The van der Waals surface area contributed by atoms with Crippen molar-refractivity contribution in [1.29, 1.82) is 0 Å². The van der Waals surface area contributed by atoms with Crippen LogP contribution in [0.1, 0.15) is 6.92 Å². The number of H-pyrrole nitrogens is 1. The predicted octanol–water partition coefficient (Wildman–Crippen LogP) is 2.35. The zero-order valence-corrected chi connectivity index (χ0v) is 12.4. The van der Waals surface area contributed by atoms with Crippen molar-refractivity contribution >= 4 is 27.8 Å². The van der Waals surface area contributed by atoms with E-state index in [4.69, 9.17) is 4.74 Å². The summed E-state index contributed by atoms with van der Waals surface area (Å²) in [5.74, 6) is -0.528. The summed E-state index contributed by atoms with van der Waals surface area (Å²) in [4.78, 5) is 15.6. The smallest absolute Gasteiger partial charge is 0.255 e. The van der Waals surface area contributed by atoms with Crippen molar-refractivity contribution in [3.8, 4) is 11.4 Å². The van der Waals surface area contributed by atoms with E-state index in [2.05, 4.69) is 36.4 Å². The Balaban J connectivity index is 2.18. The lowest BCUT2D eigenvalue weighted by Crippen LogP contribution is -2.27. The Morgan fingerprint density at radius 1 is 1.55 bits per heavy atom. The topological polar surface area (TPSA) is 79.9 Å². The molecule has 1 aromatic heterocycles. The van der Waals surface area contributed by atoms with Crippen LogP contribution in [0.4, 0.5) is 10.3 Å². The number of rotatable bonds is 4. The molecular weight excluding hydrogens is 331 g/mol. The molecule has 0 aliphatic carbocycles. The molecule has 1 atom stereocenters. The molecule has 0 unspecified atom stereocenters. The number of nitrogens with zero attached hydrogens (tertiary/aromatic N) is 2. The fourth-order valence-electron chi connectivity index (χ4n) is 1.44. The molecule has 0 aliphatic rings. The third-order valence-electron chi connectivity index (χ3n) is 2.63. The van der Waals surface area contributed by atoms with Crippen molar-refractivity contribution in [3.63, 3.8) is 0 Å². The first-order valence-corrected chi connectivity index (χ1v) is 6.52. The van der Waals surface area contributed by atoms with E-state index in [1.807, 2.05) is 0 Å². The van der Waals surface area contributed by atoms with Crippen LogP contribution in [0.15, 0.2) is 22.7 Å². The number of hydrogen-bond acceptors (Lipinski definition) is 4. The van der Waals surface area contributed by atoms with Gasteiger partial charge in [-0.3, -0.25) is 15.2 Å². The SMILES string of the molecule is CO[C@H](C)C(=O)Nc1n[nH]c(-c2ccc(Br)cc2F)n1. The summed E-state index contributed by atoms with van der Waals surface area (Å²) in [6.45, 7) is 1.59. The van der Waals surface area contributed by atoms with E-state index in [-0.39, 0.29) is 23.2 Å². The van der Waals surface area contributed by atoms with Gasteiger partial charge in [0.15, 0.2) is 5.82 Å². The number of amides is 1. The largest absolute Gasteiger partial charge is 0.372 e. The quantitative estimate of drug-likeness (QED) is 0.893. The van der Waals surface area contributed by atoms with Crippen molar-refractivity contribution in [2.45, 2.75) is 13.0 Å². The van der Waals surface area contributed by atoms with Crippen LogP contribution in [0.2, 0.25) is 0 Å². The summed E-state index contributed by atoms with van der Waals surface area (Å²) in [6.07, 6.45) is -0.624. The molecule has 1 amide bonds. The van der Waals surface area contributed by atoms with Crippen molar-refractivity contribution in [2.75, 3.05) is 12.4 Å². The Bertz CT molecular complexity index is 632. The molecule has 20 heavy (non-hydrogen) atoms. The van der Waals surface area contributed by atoms with Crippen LogP contribution in [0.3, 0.4) is 0 Å². The van der Waals surface area contributed by atoms with Crippen LogP contribution in [-0.2, 0) is 9.53 Å². The van der Waals surface area contributed by atoms with E-state index >= 15 is 0 Å². The molecule has 6 nitrogen and oxygen atoms in total. The lowest BCUT2D eigenvalue weighted by Gasteiger charge is -2.06. The zero-order valence-electron chi connectivity index (χ0n) is 10.8. The molecule has 1 heterocycles. The molecule has 8 heteroatoms. The number of anilines is 1. The Kier molecular flexibility index (Phi) is 4.46. The Morgan fingerprint density at radius 2 is 2.30 bits per heavy atom. The lowest BCUT2D eigenvalue weighted by atomic mass is 10.2. The first kappa shape index (κ1) is 14.6. The van der Waals surface area contributed by atoms with Gasteiger partial charge in [0.25, 0.3) is 5.91 Å². The van der Waals surface area contributed by atoms with Crippen molar-refractivity contribution in [1.82, 2.24) is 15.2 Å². The number of ether oxygens (including phenoxy) is 1. The first-order valence-electron chi connectivity index (χ1n) is 5.72. The average Bonchev–Trinajstić information content (AvgIpc) is 2.85. The van der Waals surface area contributed by atoms with E-state index in [0.717, 1.165) is 0 Å². The number of methoxy groups -OCH3 is 1. The van der Waals surface area contributed by atoms with Gasteiger partial charge in [0.05, 0.1) is 5.56 Å². The van der Waals surface area contributed by atoms with Gasteiger partial charge in [-0.2, -0.15) is 4.98 Å². The van der Waals surface area contributed by atoms with Gasteiger partial charge in [-0.1, -0.05) is 15.9 Å². The van der Waals surface area contributed by atoms with Gasteiger partial charge >= 0.3 is 0 Å². The number of aromatic nitrogens is 3. The second-order valence-corrected chi connectivity index (χ2v) is 4.91. The van der Waals surface area contributed by atoms with Gasteiger partial charge in [0.1, 0.15) is 11.9 Å². The second-order valence-electron chi connectivity index (χ2n) is 4.00. The van der Waals surface area contributed by atoms with Crippen molar-refractivity contribution in [3.05, 3.63) is 28.5 Å². The highest BCUT2D eigenvalue weighted by Gasteiger charge is 2.15. The standard InChI is InChI=1S/C12H12BrFN4O2/c1-6(20-2)11(19)16-12-15-10(17-18-12)8-4-3-7(13)5-9(8)14/h3-6H,1-2H3,(H2,15,16,17,18,19)/t6-/m1/s1. The monoisotopic (exact) mass is 342 g/mol. The molecule has 0 radical (unpaired) electrons. The number of nitrogens with one attached hydrogen (secondary N) is 2.